The number of fused-ring (bicyclic) bond motifs is 3. The Kier molecular flexibility index (Phi) is 6.35. The van der Waals surface area contributed by atoms with E-state index >= 15 is 0 Å². The number of hydrogen-bond donors (Lipinski definition) is 0. The summed E-state index contributed by atoms with van der Waals surface area (Å²) in [6.45, 7) is 15.7. The Hall–Kier alpha value is -3.59. The number of rotatable bonds is 4. The highest BCUT2D eigenvalue weighted by Crippen LogP contribution is 2.32. The van der Waals surface area contributed by atoms with Crippen LogP contribution in [0.3, 0.4) is 0 Å². The van der Waals surface area contributed by atoms with E-state index in [0.717, 1.165) is 11.2 Å². The highest BCUT2D eigenvalue weighted by Gasteiger charge is 2.30. The molecule has 3 heteroatoms. The third-order valence-corrected chi connectivity index (χ3v) is 7.84. The highest BCUT2D eigenvalue weighted by atomic mass is 15.1. The predicted molar refractivity (Wildman–Crippen MR) is 164 cm³/mol. The van der Waals surface area contributed by atoms with Gasteiger partial charge in [-0.3, -0.25) is 4.98 Å². The fourth-order valence-electron chi connectivity index (χ4n) is 6.54. The van der Waals surface area contributed by atoms with Crippen molar-refractivity contribution >= 4 is 50.5 Å². The van der Waals surface area contributed by atoms with Crippen LogP contribution in [0, 0.1) is 48.5 Å². The SMILES string of the molecule is Cc1cc(C)c(B(c2c(C)cc(C)cc2C)c2ccc(N(C)C)c3c2ccc2nc(C)ccc23)c(C)c1. The molecular formula is C34H37BN2. The van der Waals surface area contributed by atoms with E-state index in [-0.39, 0.29) is 6.71 Å². The molecule has 0 amide bonds. The predicted octanol–water partition coefficient (Wildman–Crippen LogP) is 6.13. The summed E-state index contributed by atoms with van der Waals surface area (Å²) in [5.41, 5.74) is 15.5. The van der Waals surface area contributed by atoms with Gasteiger partial charge in [0.2, 0.25) is 6.71 Å². The molecule has 0 saturated carbocycles. The van der Waals surface area contributed by atoms with Crippen molar-refractivity contribution in [2.24, 2.45) is 0 Å². The smallest absolute Gasteiger partial charge is 0.243 e. The summed E-state index contributed by atoms with van der Waals surface area (Å²) in [4.78, 5) is 7.10. The van der Waals surface area contributed by atoms with Gasteiger partial charge in [-0.2, -0.15) is 0 Å². The largest absolute Gasteiger partial charge is 0.377 e. The maximum atomic E-state index is 4.87. The van der Waals surface area contributed by atoms with Crippen LogP contribution in [0.5, 0.6) is 0 Å². The van der Waals surface area contributed by atoms with Crippen molar-refractivity contribution in [3.63, 3.8) is 0 Å². The summed E-state index contributed by atoms with van der Waals surface area (Å²) in [5.74, 6) is 0. The normalized spacial score (nSPS) is 11.4. The average molecular weight is 484 g/mol. The highest BCUT2D eigenvalue weighted by molar-refractivity contribution is 6.98. The minimum absolute atomic E-state index is 0.135. The molecule has 0 unspecified atom stereocenters. The average Bonchev–Trinajstić information content (AvgIpc) is 2.80. The monoisotopic (exact) mass is 484 g/mol. The van der Waals surface area contributed by atoms with Crippen molar-refractivity contribution in [2.75, 3.05) is 19.0 Å². The first kappa shape index (κ1) is 25.1. The molecule has 186 valence electrons. The van der Waals surface area contributed by atoms with Crippen molar-refractivity contribution in [3.8, 4) is 0 Å². The van der Waals surface area contributed by atoms with Crippen LogP contribution in [0.2, 0.25) is 0 Å². The minimum Gasteiger partial charge on any atom is -0.377 e. The number of hydrogen-bond acceptors (Lipinski definition) is 2. The fraction of sp³-hybridized carbons (Fsp3) is 0.265. The van der Waals surface area contributed by atoms with Gasteiger partial charge in [0.05, 0.1) is 5.52 Å². The molecule has 0 spiro atoms. The Balaban J connectivity index is 1.95. The zero-order chi connectivity index (χ0) is 26.6. The molecule has 5 rings (SSSR count). The summed E-state index contributed by atoms with van der Waals surface area (Å²) in [5, 5.41) is 3.79. The Morgan fingerprint density at radius 2 is 1.11 bits per heavy atom. The second-order valence-electron chi connectivity index (χ2n) is 11.1. The van der Waals surface area contributed by atoms with Gasteiger partial charge in [0, 0.05) is 36.2 Å². The summed E-state index contributed by atoms with van der Waals surface area (Å²) >= 11 is 0. The van der Waals surface area contributed by atoms with Crippen LogP contribution < -0.4 is 21.3 Å². The summed E-state index contributed by atoms with van der Waals surface area (Å²) in [7, 11) is 4.27. The molecule has 0 bridgehead atoms. The maximum Gasteiger partial charge on any atom is 0.243 e. The van der Waals surface area contributed by atoms with Gasteiger partial charge in [0.25, 0.3) is 0 Å². The standard InChI is InChI=1S/C34H37BN2/c1-20-16-22(3)33(23(4)17-20)35(34-24(5)18-21(2)19-25(34)6)29-13-15-31(37(8)9)32-27(29)12-14-30-28(32)11-10-26(7)36-30/h10-19H,1-9H3. The minimum atomic E-state index is 0.135. The van der Waals surface area contributed by atoms with E-state index in [1.165, 1.54) is 71.6 Å². The van der Waals surface area contributed by atoms with Crippen LogP contribution in [0.25, 0.3) is 21.7 Å². The first-order chi connectivity index (χ1) is 17.6. The van der Waals surface area contributed by atoms with Gasteiger partial charge in [-0.1, -0.05) is 92.2 Å². The van der Waals surface area contributed by atoms with E-state index in [2.05, 4.69) is 128 Å². The molecule has 0 aliphatic carbocycles. The third-order valence-electron chi connectivity index (χ3n) is 7.84. The molecule has 5 aromatic rings. The van der Waals surface area contributed by atoms with E-state index in [0.29, 0.717) is 0 Å². The molecule has 0 saturated heterocycles. The lowest BCUT2D eigenvalue weighted by molar-refractivity contribution is 1.14. The first-order valence-corrected chi connectivity index (χ1v) is 13.2. The molecule has 4 aromatic carbocycles. The van der Waals surface area contributed by atoms with E-state index < -0.39 is 0 Å². The van der Waals surface area contributed by atoms with Gasteiger partial charge >= 0.3 is 0 Å². The lowest BCUT2D eigenvalue weighted by Crippen LogP contribution is -2.56. The van der Waals surface area contributed by atoms with E-state index in [1.807, 2.05) is 0 Å². The molecule has 0 N–H and O–H groups in total. The quantitative estimate of drug-likeness (QED) is 0.225. The van der Waals surface area contributed by atoms with Crippen LogP contribution in [0.1, 0.15) is 39.1 Å². The number of aryl methyl sites for hydroxylation is 7. The summed E-state index contributed by atoms with van der Waals surface area (Å²) in [6, 6.07) is 22.9. The second-order valence-corrected chi connectivity index (χ2v) is 11.1. The number of nitrogens with zero attached hydrogens (tertiary/aromatic N) is 2. The maximum absolute atomic E-state index is 4.87. The van der Waals surface area contributed by atoms with Crippen LogP contribution >= 0.6 is 0 Å². The molecule has 0 aliphatic heterocycles. The second kappa shape index (κ2) is 9.37. The first-order valence-electron chi connectivity index (χ1n) is 13.2. The molecule has 2 nitrogen and oxygen atoms in total. The lowest BCUT2D eigenvalue weighted by Gasteiger charge is -2.27. The fourth-order valence-corrected chi connectivity index (χ4v) is 6.54. The van der Waals surface area contributed by atoms with Gasteiger partial charge in [0.15, 0.2) is 0 Å². The molecule has 1 aromatic heterocycles. The molecule has 0 fully saturated rings. The molecule has 37 heavy (non-hydrogen) atoms. The molecule has 1 heterocycles. The summed E-state index contributed by atoms with van der Waals surface area (Å²) < 4.78 is 0. The summed E-state index contributed by atoms with van der Waals surface area (Å²) in [6.07, 6.45) is 0. The van der Waals surface area contributed by atoms with Gasteiger partial charge in [-0.25, -0.2) is 0 Å². The van der Waals surface area contributed by atoms with E-state index in [9.17, 15) is 0 Å². The van der Waals surface area contributed by atoms with Crippen LogP contribution in [0.4, 0.5) is 5.69 Å². The van der Waals surface area contributed by atoms with Crippen molar-refractivity contribution in [1.29, 1.82) is 0 Å². The third kappa shape index (κ3) is 4.31. The Morgan fingerprint density at radius 3 is 1.62 bits per heavy atom. The Morgan fingerprint density at radius 1 is 0.595 bits per heavy atom. The molecule has 0 aliphatic rings. The van der Waals surface area contributed by atoms with Crippen LogP contribution in [0.15, 0.2) is 60.7 Å². The van der Waals surface area contributed by atoms with Crippen LogP contribution in [-0.4, -0.2) is 25.8 Å². The number of benzene rings is 4. The Bertz CT molecular complexity index is 1580. The molecular weight excluding hydrogens is 447 g/mol. The topological polar surface area (TPSA) is 16.1 Å². The number of pyridine rings is 1. The van der Waals surface area contributed by atoms with Gasteiger partial charge in [-0.15, -0.1) is 0 Å². The van der Waals surface area contributed by atoms with Crippen molar-refractivity contribution in [3.05, 3.63) is 99.7 Å². The van der Waals surface area contributed by atoms with Crippen LogP contribution in [-0.2, 0) is 0 Å². The zero-order valence-electron chi connectivity index (χ0n) is 23.7. The number of aromatic nitrogens is 1. The van der Waals surface area contributed by atoms with Crippen molar-refractivity contribution in [2.45, 2.75) is 48.5 Å². The van der Waals surface area contributed by atoms with Gasteiger partial charge in [-0.05, 0) is 72.1 Å². The Labute approximate surface area is 222 Å². The molecule has 0 radical (unpaired) electrons. The van der Waals surface area contributed by atoms with E-state index in [1.54, 1.807) is 0 Å². The van der Waals surface area contributed by atoms with Crippen molar-refractivity contribution < 1.29 is 0 Å². The number of anilines is 1. The van der Waals surface area contributed by atoms with Gasteiger partial charge in [0.1, 0.15) is 0 Å². The zero-order valence-corrected chi connectivity index (χ0v) is 23.7. The molecule has 0 atom stereocenters. The van der Waals surface area contributed by atoms with E-state index in [4.69, 9.17) is 4.98 Å². The lowest BCUT2D eigenvalue weighted by atomic mass is 9.33. The van der Waals surface area contributed by atoms with Gasteiger partial charge < -0.3 is 4.90 Å². The van der Waals surface area contributed by atoms with Crippen molar-refractivity contribution in [1.82, 2.24) is 4.98 Å².